The quantitative estimate of drug-likeness (QED) is 0.329. The molecule has 0 fully saturated rings. The highest BCUT2D eigenvalue weighted by Gasteiger charge is 2.14. The van der Waals surface area contributed by atoms with Gasteiger partial charge in [-0.15, -0.1) is 10.2 Å². The molecule has 0 aliphatic carbocycles. The average molecular weight is 493 g/mol. The van der Waals surface area contributed by atoms with Gasteiger partial charge < -0.3 is 5.32 Å². The summed E-state index contributed by atoms with van der Waals surface area (Å²) in [5, 5.41) is 21.9. The van der Waals surface area contributed by atoms with Gasteiger partial charge in [-0.25, -0.2) is 0 Å². The van der Waals surface area contributed by atoms with Crippen LogP contribution in [0.5, 0.6) is 0 Å². The van der Waals surface area contributed by atoms with E-state index in [0.717, 1.165) is 44.2 Å². The molecule has 10 heteroatoms. The largest absolute Gasteiger partial charge is 0.332 e. The van der Waals surface area contributed by atoms with Gasteiger partial charge in [-0.3, -0.25) is 10.1 Å². The number of halogens is 1. The van der Waals surface area contributed by atoms with Crippen molar-refractivity contribution < 1.29 is 4.79 Å². The maximum Gasteiger partial charge on any atom is 0.258 e. The molecule has 0 radical (unpaired) electrons. The molecule has 5 rings (SSSR count). The molecule has 0 aliphatic heterocycles. The zero-order valence-corrected chi connectivity index (χ0v) is 19.8. The van der Waals surface area contributed by atoms with Gasteiger partial charge in [0.2, 0.25) is 4.96 Å². The van der Waals surface area contributed by atoms with Gasteiger partial charge in [0.1, 0.15) is 5.01 Å². The van der Waals surface area contributed by atoms with Gasteiger partial charge in [-0.2, -0.15) is 9.61 Å². The highest BCUT2D eigenvalue weighted by Crippen LogP contribution is 2.28. The number of nitrogens with zero attached hydrogens (tertiary/aromatic N) is 4. The monoisotopic (exact) mass is 492 g/mol. The first-order valence-electron chi connectivity index (χ1n) is 10.1. The summed E-state index contributed by atoms with van der Waals surface area (Å²) in [7, 11) is 0. The minimum absolute atomic E-state index is 0.197. The highest BCUT2D eigenvalue weighted by molar-refractivity contribution is 7.80. The van der Waals surface area contributed by atoms with Crippen molar-refractivity contribution >= 4 is 67.6 Å². The Morgan fingerprint density at radius 2 is 1.88 bits per heavy atom. The van der Waals surface area contributed by atoms with Gasteiger partial charge in [-0.1, -0.05) is 66.3 Å². The maximum absolute atomic E-state index is 12.9. The molecule has 1 amide bonds. The molecule has 2 N–H and O–H groups in total. The zero-order chi connectivity index (χ0) is 22.9. The third-order valence-electron chi connectivity index (χ3n) is 5.08. The fourth-order valence-electron chi connectivity index (χ4n) is 3.53. The first-order chi connectivity index (χ1) is 16.0. The smallest absolute Gasteiger partial charge is 0.258 e. The van der Waals surface area contributed by atoms with Crippen molar-refractivity contribution in [2.45, 2.75) is 13.3 Å². The molecular formula is C23H17ClN6OS2. The number of benzene rings is 3. The first-order valence-corrected chi connectivity index (χ1v) is 11.7. The van der Waals surface area contributed by atoms with Crippen molar-refractivity contribution in [3.05, 3.63) is 77.1 Å². The molecule has 7 nitrogen and oxygen atoms in total. The second kappa shape index (κ2) is 8.86. The number of aryl methyl sites for hydroxylation is 1. The first kappa shape index (κ1) is 21.4. The van der Waals surface area contributed by atoms with E-state index < -0.39 is 0 Å². The second-order valence-corrected chi connectivity index (χ2v) is 8.97. The van der Waals surface area contributed by atoms with E-state index >= 15 is 0 Å². The van der Waals surface area contributed by atoms with E-state index in [4.69, 9.17) is 23.8 Å². The summed E-state index contributed by atoms with van der Waals surface area (Å²) in [5.41, 5.74) is 2.15. The molecule has 164 valence electrons. The van der Waals surface area contributed by atoms with Gasteiger partial charge in [0, 0.05) is 33.6 Å². The summed E-state index contributed by atoms with van der Waals surface area (Å²) in [6, 6.07) is 18.6. The third-order valence-corrected chi connectivity index (χ3v) is 6.56. The molecule has 5 aromatic rings. The van der Waals surface area contributed by atoms with Crippen LogP contribution >= 0.6 is 35.2 Å². The number of fused-ring (bicyclic) bond motifs is 2. The van der Waals surface area contributed by atoms with E-state index in [1.165, 1.54) is 11.3 Å². The number of aromatic nitrogens is 4. The van der Waals surface area contributed by atoms with Crippen molar-refractivity contribution in [2.75, 3.05) is 5.32 Å². The van der Waals surface area contributed by atoms with Crippen molar-refractivity contribution in [3.63, 3.8) is 0 Å². The summed E-state index contributed by atoms with van der Waals surface area (Å²) in [4.78, 5) is 13.6. The predicted molar refractivity (Wildman–Crippen MR) is 136 cm³/mol. The Hall–Kier alpha value is -3.40. The van der Waals surface area contributed by atoms with E-state index in [1.54, 1.807) is 22.7 Å². The van der Waals surface area contributed by atoms with E-state index in [-0.39, 0.29) is 11.0 Å². The molecule has 0 saturated carbocycles. The SMILES string of the molecule is CCc1nnc2sc(-c3cccc(NC(=S)NC(=O)c4cccc5c(Cl)cccc45)c3)nn12. The van der Waals surface area contributed by atoms with Crippen molar-refractivity contribution in [3.8, 4) is 10.6 Å². The van der Waals surface area contributed by atoms with E-state index in [9.17, 15) is 4.79 Å². The summed E-state index contributed by atoms with van der Waals surface area (Å²) in [6.07, 6.45) is 0.753. The lowest BCUT2D eigenvalue weighted by Gasteiger charge is -2.12. The molecule has 0 bridgehead atoms. The van der Waals surface area contributed by atoms with Crippen LogP contribution in [0.1, 0.15) is 23.1 Å². The van der Waals surface area contributed by atoms with Gasteiger partial charge in [0.15, 0.2) is 10.9 Å². The number of hydrogen-bond acceptors (Lipinski definition) is 6. The standard InChI is InChI=1S/C23H17ClN6OS2/c1-2-19-27-28-23-30(19)29-21(33-23)13-6-3-7-14(12-13)25-22(32)26-20(31)17-10-4-9-16-15(17)8-5-11-18(16)24/h3-12H,2H2,1H3,(H2,25,26,31,32). The topological polar surface area (TPSA) is 84.2 Å². The number of rotatable bonds is 4. The Morgan fingerprint density at radius 3 is 2.73 bits per heavy atom. The normalized spacial score (nSPS) is 11.1. The van der Waals surface area contributed by atoms with Crippen LogP contribution in [0, 0.1) is 0 Å². The average Bonchev–Trinajstić information content (AvgIpc) is 3.40. The Bertz CT molecular complexity index is 1530. The number of anilines is 1. The van der Waals surface area contributed by atoms with Crippen LogP contribution in [0.2, 0.25) is 5.02 Å². The van der Waals surface area contributed by atoms with E-state index in [2.05, 4.69) is 25.9 Å². The molecule has 0 aliphatic rings. The number of thiocarbonyl (C=S) groups is 1. The molecule has 0 atom stereocenters. The maximum atomic E-state index is 12.9. The molecule has 3 aromatic carbocycles. The minimum Gasteiger partial charge on any atom is -0.332 e. The number of hydrogen-bond donors (Lipinski definition) is 2. The van der Waals surface area contributed by atoms with Gasteiger partial charge in [0.25, 0.3) is 5.91 Å². The Morgan fingerprint density at radius 1 is 1.09 bits per heavy atom. The summed E-state index contributed by atoms with van der Waals surface area (Å²) >= 11 is 13.1. The molecule has 2 aromatic heterocycles. The summed E-state index contributed by atoms with van der Waals surface area (Å²) < 4.78 is 1.77. The summed E-state index contributed by atoms with van der Waals surface area (Å²) in [6.45, 7) is 2.02. The number of carbonyl (C=O) groups is 1. The molecule has 0 unspecified atom stereocenters. The van der Waals surface area contributed by atoms with Crippen LogP contribution in [0.3, 0.4) is 0 Å². The number of carbonyl (C=O) groups excluding carboxylic acids is 1. The Kier molecular flexibility index (Phi) is 5.76. The highest BCUT2D eigenvalue weighted by atomic mass is 35.5. The summed E-state index contributed by atoms with van der Waals surface area (Å²) in [5.74, 6) is 0.512. The zero-order valence-electron chi connectivity index (χ0n) is 17.4. The van der Waals surface area contributed by atoms with Gasteiger partial charge in [0.05, 0.1) is 0 Å². The van der Waals surface area contributed by atoms with Crippen molar-refractivity contribution in [1.29, 1.82) is 0 Å². The Balaban J connectivity index is 1.34. The molecule has 0 saturated heterocycles. The van der Waals surface area contributed by atoms with Crippen LogP contribution in [0.25, 0.3) is 26.3 Å². The van der Waals surface area contributed by atoms with Crippen molar-refractivity contribution in [1.82, 2.24) is 25.1 Å². The lowest BCUT2D eigenvalue weighted by molar-refractivity contribution is 0.0979. The lowest BCUT2D eigenvalue weighted by Crippen LogP contribution is -2.34. The molecule has 33 heavy (non-hydrogen) atoms. The van der Waals surface area contributed by atoms with Crippen LogP contribution in [0.15, 0.2) is 60.7 Å². The van der Waals surface area contributed by atoms with Crippen LogP contribution < -0.4 is 10.6 Å². The Labute approximate surface area is 203 Å². The minimum atomic E-state index is -0.308. The van der Waals surface area contributed by atoms with Crippen LogP contribution in [-0.2, 0) is 6.42 Å². The third kappa shape index (κ3) is 4.18. The van der Waals surface area contributed by atoms with Gasteiger partial charge >= 0.3 is 0 Å². The predicted octanol–water partition coefficient (Wildman–Crippen LogP) is 5.35. The van der Waals surface area contributed by atoms with E-state index in [1.807, 2.05) is 49.4 Å². The molecule has 2 heterocycles. The fraction of sp³-hybridized carbons (Fsp3) is 0.0870. The second-order valence-electron chi connectivity index (χ2n) is 7.20. The van der Waals surface area contributed by atoms with Crippen molar-refractivity contribution in [2.24, 2.45) is 0 Å². The van der Waals surface area contributed by atoms with Crippen LogP contribution in [-0.4, -0.2) is 30.8 Å². The van der Waals surface area contributed by atoms with E-state index in [0.29, 0.717) is 10.6 Å². The van der Waals surface area contributed by atoms with Gasteiger partial charge in [-0.05, 0) is 41.9 Å². The number of nitrogens with one attached hydrogen (secondary N) is 2. The molecular weight excluding hydrogens is 476 g/mol. The van der Waals surface area contributed by atoms with Crippen LogP contribution in [0.4, 0.5) is 5.69 Å². The lowest BCUT2D eigenvalue weighted by atomic mass is 10.0. The molecule has 0 spiro atoms. The number of amides is 1. The fourth-order valence-corrected chi connectivity index (χ4v) is 4.83.